The van der Waals surface area contributed by atoms with Crippen molar-refractivity contribution in [2.24, 2.45) is 0 Å². The number of nitrogens with zero attached hydrogens (tertiary/aromatic N) is 2. The van der Waals surface area contributed by atoms with Crippen molar-refractivity contribution in [3.63, 3.8) is 0 Å². The first-order chi connectivity index (χ1) is 22.7. The number of amides is 1. The van der Waals surface area contributed by atoms with Crippen LogP contribution >= 0.6 is 0 Å². The van der Waals surface area contributed by atoms with Gasteiger partial charge in [0, 0.05) is 42.9 Å². The molecule has 0 bridgehead atoms. The van der Waals surface area contributed by atoms with Crippen LogP contribution in [-0.4, -0.2) is 75.6 Å². The molecule has 0 saturated heterocycles. The zero-order valence-corrected chi connectivity index (χ0v) is 27.2. The molecule has 1 atom stereocenters. The number of aldehydes is 1. The van der Waals surface area contributed by atoms with E-state index in [0.717, 1.165) is 35.1 Å². The number of phenols is 1. The van der Waals surface area contributed by atoms with Crippen molar-refractivity contribution in [1.82, 2.24) is 9.80 Å². The maximum absolute atomic E-state index is 13.0. The van der Waals surface area contributed by atoms with E-state index in [4.69, 9.17) is 23.7 Å². The lowest BCUT2D eigenvalue weighted by Gasteiger charge is -2.36. The smallest absolute Gasteiger partial charge is 0.254 e. The van der Waals surface area contributed by atoms with Gasteiger partial charge in [-0.25, -0.2) is 0 Å². The average Bonchev–Trinajstić information content (AvgIpc) is 3.08. The minimum atomic E-state index is -0.129. The van der Waals surface area contributed by atoms with Crippen molar-refractivity contribution in [1.29, 1.82) is 0 Å². The van der Waals surface area contributed by atoms with Crippen molar-refractivity contribution in [3.8, 4) is 46.0 Å². The second-order valence-electron chi connectivity index (χ2n) is 11.8. The maximum atomic E-state index is 13.0. The van der Waals surface area contributed by atoms with Gasteiger partial charge in [-0.05, 0) is 91.5 Å². The van der Waals surface area contributed by atoms with E-state index in [0.29, 0.717) is 71.4 Å². The minimum absolute atomic E-state index is 0.0205. The van der Waals surface area contributed by atoms with Gasteiger partial charge in [0.1, 0.15) is 12.0 Å². The molecule has 0 radical (unpaired) electrons. The predicted molar refractivity (Wildman–Crippen MR) is 176 cm³/mol. The molecule has 0 fully saturated rings. The summed E-state index contributed by atoms with van der Waals surface area (Å²) in [6, 6.07) is 18.0. The quantitative estimate of drug-likeness (QED) is 0.203. The third-order valence-corrected chi connectivity index (χ3v) is 8.94. The van der Waals surface area contributed by atoms with Crippen LogP contribution in [0.1, 0.15) is 49.0 Å². The van der Waals surface area contributed by atoms with Crippen LogP contribution in [0.25, 0.3) is 0 Å². The number of ether oxygens (including phenoxy) is 5. The molecule has 0 aromatic heterocycles. The molecule has 47 heavy (non-hydrogen) atoms. The molecular formula is C37H38N2O8. The number of rotatable bonds is 10. The van der Waals surface area contributed by atoms with Gasteiger partial charge in [-0.15, -0.1) is 0 Å². The molecule has 1 N–H and O–H groups in total. The lowest BCUT2D eigenvalue weighted by atomic mass is 9.87. The van der Waals surface area contributed by atoms with E-state index < -0.39 is 0 Å². The fourth-order valence-corrected chi connectivity index (χ4v) is 6.34. The number of phenolic OH excluding ortho intramolecular Hbond substituents is 1. The zero-order chi connectivity index (χ0) is 33.2. The SMILES string of the molecule is COc1ccc(C=O)cc1Oc1ccc(C[C@H]2c3c(cc(O)c(OC)c3Oc3cc4c(cc3OC)CCN(C)C4=O)CCN2C)cc1. The number of likely N-dealkylation sites (N-methyl/N-ethyl adjacent to an activating group) is 2. The summed E-state index contributed by atoms with van der Waals surface area (Å²) in [7, 11) is 8.47. The fourth-order valence-electron chi connectivity index (χ4n) is 6.34. The number of aromatic hydroxyl groups is 1. The summed E-state index contributed by atoms with van der Waals surface area (Å²) in [5.74, 6) is 2.93. The predicted octanol–water partition coefficient (Wildman–Crippen LogP) is 6.21. The van der Waals surface area contributed by atoms with E-state index in [1.807, 2.05) is 30.3 Å². The molecule has 0 aliphatic carbocycles. The molecule has 4 aromatic carbocycles. The summed E-state index contributed by atoms with van der Waals surface area (Å²) in [5, 5.41) is 11.0. The number of hydrogen-bond acceptors (Lipinski definition) is 9. The number of carbonyl (C=O) groups excluding carboxylic acids is 2. The standard InChI is InChI=1S/C37H38N2O8/c1-38-14-13-25-18-29(41)35(45-5)36(47-33-20-27-24(19-31(33)44-4)12-15-39(2)37(27)42)34(25)28(38)16-22-6-9-26(10-7-22)46-32-17-23(21-40)8-11-30(32)43-3/h6-11,17-21,28,41H,12-16H2,1-5H3/t28-/m0/s1. The summed E-state index contributed by atoms with van der Waals surface area (Å²) < 4.78 is 29.5. The van der Waals surface area contributed by atoms with Gasteiger partial charge < -0.3 is 33.7 Å². The Bertz CT molecular complexity index is 1820. The molecule has 1 amide bonds. The summed E-state index contributed by atoms with van der Waals surface area (Å²) in [4.78, 5) is 28.3. The lowest BCUT2D eigenvalue weighted by Crippen LogP contribution is -2.34. The monoisotopic (exact) mass is 638 g/mol. The topological polar surface area (TPSA) is 107 Å². The number of carbonyl (C=O) groups is 2. The highest BCUT2D eigenvalue weighted by atomic mass is 16.5. The molecule has 10 nitrogen and oxygen atoms in total. The third-order valence-electron chi connectivity index (χ3n) is 8.94. The Kier molecular flexibility index (Phi) is 8.95. The van der Waals surface area contributed by atoms with Crippen molar-refractivity contribution < 1.29 is 38.4 Å². The van der Waals surface area contributed by atoms with Crippen molar-refractivity contribution >= 4 is 12.2 Å². The van der Waals surface area contributed by atoms with E-state index in [2.05, 4.69) is 11.9 Å². The highest BCUT2D eigenvalue weighted by Gasteiger charge is 2.34. The molecule has 2 aliphatic rings. The molecule has 0 unspecified atom stereocenters. The van der Waals surface area contributed by atoms with Gasteiger partial charge in [0.25, 0.3) is 5.91 Å². The molecular weight excluding hydrogens is 600 g/mol. The number of benzene rings is 4. The Morgan fingerprint density at radius 3 is 2.21 bits per heavy atom. The first kappa shape index (κ1) is 31.7. The van der Waals surface area contributed by atoms with Crippen LogP contribution in [0.4, 0.5) is 0 Å². The molecule has 0 saturated carbocycles. The van der Waals surface area contributed by atoms with Crippen molar-refractivity contribution in [2.45, 2.75) is 25.3 Å². The molecule has 10 heteroatoms. The van der Waals surface area contributed by atoms with Gasteiger partial charge in [-0.3, -0.25) is 14.5 Å². The third kappa shape index (κ3) is 6.16. The largest absolute Gasteiger partial charge is 0.504 e. The summed E-state index contributed by atoms with van der Waals surface area (Å²) in [5.41, 5.74) is 4.86. The van der Waals surface area contributed by atoms with E-state index in [1.165, 1.54) is 7.11 Å². The second-order valence-corrected chi connectivity index (χ2v) is 11.8. The van der Waals surface area contributed by atoms with E-state index in [9.17, 15) is 14.7 Å². The van der Waals surface area contributed by atoms with Crippen LogP contribution in [-0.2, 0) is 19.3 Å². The Morgan fingerprint density at radius 2 is 1.51 bits per heavy atom. The highest BCUT2D eigenvalue weighted by molar-refractivity contribution is 5.97. The Labute approximate surface area is 274 Å². The van der Waals surface area contributed by atoms with Crippen molar-refractivity contribution in [2.75, 3.05) is 48.5 Å². The summed E-state index contributed by atoms with van der Waals surface area (Å²) in [6.07, 6.45) is 2.81. The Balaban J connectivity index is 1.35. The minimum Gasteiger partial charge on any atom is -0.504 e. The van der Waals surface area contributed by atoms with Gasteiger partial charge >= 0.3 is 0 Å². The molecule has 2 aliphatic heterocycles. The van der Waals surface area contributed by atoms with E-state index >= 15 is 0 Å². The van der Waals surface area contributed by atoms with Gasteiger partial charge in [0.05, 0.1) is 21.3 Å². The van der Waals surface area contributed by atoms with Crippen LogP contribution < -0.4 is 23.7 Å². The first-order valence-corrected chi connectivity index (χ1v) is 15.4. The summed E-state index contributed by atoms with van der Waals surface area (Å²) in [6.45, 7) is 1.41. The average molecular weight is 639 g/mol. The number of hydrogen-bond donors (Lipinski definition) is 1. The molecule has 2 heterocycles. The molecule has 4 aromatic rings. The van der Waals surface area contributed by atoms with Gasteiger partial charge in [-0.2, -0.15) is 0 Å². The molecule has 244 valence electrons. The Morgan fingerprint density at radius 1 is 0.787 bits per heavy atom. The first-order valence-electron chi connectivity index (χ1n) is 15.4. The second kappa shape index (κ2) is 13.3. The van der Waals surface area contributed by atoms with Crippen LogP contribution in [0, 0.1) is 0 Å². The van der Waals surface area contributed by atoms with Crippen LogP contribution in [0.3, 0.4) is 0 Å². The van der Waals surface area contributed by atoms with Crippen molar-refractivity contribution in [3.05, 3.63) is 94.0 Å². The van der Waals surface area contributed by atoms with Gasteiger partial charge in [0.2, 0.25) is 5.75 Å². The summed E-state index contributed by atoms with van der Waals surface area (Å²) >= 11 is 0. The Hall–Kier alpha value is -5.22. The number of fused-ring (bicyclic) bond motifs is 2. The maximum Gasteiger partial charge on any atom is 0.254 e. The molecule has 0 spiro atoms. The highest BCUT2D eigenvalue weighted by Crippen LogP contribution is 2.51. The fraction of sp³-hybridized carbons (Fsp3) is 0.297. The normalized spacial score (nSPS) is 15.8. The van der Waals surface area contributed by atoms with Gasteiger partial charge in [0.15, 0.2) is 34.5 Å². The lowest BCUT2D eigenvalue weighted by molar-refractivity contribution is 0.0780. The number of methoxy groups -OCH3 is 3. The van der Waals surface area contributed by atoms with E-state index in [-0.39, 0.29) is 23.4 Å². The van der Waals surface area contributed by atoms with Crippen LogP contribution in [0.5, 0.6) is 46.0 Å². The van der Waals surface area contributed by atoms with Crippen LogP contribution in [0.2, 0.25) is 0 Å². The van der Waals surface area contributed by atoms with Gasteiger partial charge in [-0.1, -0.05) is 12.1 Å². The van der Waals surface area contributed by atoms with E-state index in [1.54, 1.807) is 56.5 Å². The van der Waals surface area contributed by atoms with Crippen LogP contribution in [0.15, 0.2) is 60.7 Å². The molecule has 6 rings (SSSR count). The zero-order valence-electron chi connectivity index (χ0n) is 27.2.